The van der Waals surface area contributed by atoms with Gasteiger partial charge in [-0.1, -0.05) is 51.5 Å². The van der Waals surface area contributed by atoms with E-state index in [1.165, 1.54) is 32.1 Å². The summed E-state index contributed by atoms with van der Waals surface area (Å²) in [6.07, 6.45) is 11.6. The van der Waals surface area contributed by atoms with Gasteiger partial charge in [-0.2, -0.15) is 0 Å². The average Bonchev–Trinajstić information content (AvgIpc) is 2.28. The van der Waals surface area contributed by atoms with E-state index < -0.39 is 0 Å². The Morgan fingerprint density at radius 3 is 2.31 bits per heavy atom. The van der Waals surface area contributed by atoms with Gasteiger partial charge in [-0.25, -0.2) is 0 Å². The van der Waals surface area contributed by atoms with Crippen LogP contribution >= 0.6 is 0 Å². The maximum Gasteiger partial charge on any atom is 0.149 e. The van der Waals surface area contributed by atoms with Crippen molar-refractivity contribution in [2.45, 2.75) is 70.8 Å². The molecule has 0 aliphatic carbocycles. The van der Waals surface area contributed by atoms with Crippen LogP contribution in [0, 0.1) is 0 Å². The van der Waals surface area contributed by atoms with E-state index in [1.807, 2.05) is 0 Å². The molecular formula is C14H27NO. The average molecular weight is 225 g/mol. The molecule has 0 rings (SSSR count). The van der Waals surface area contributed by atoms with Crippen molar-refractivity contribution in [3.8, 4) is 0 Å². The lowest BCUT2D eigenvalue weighted by atomic mass is 10.0. The minimum atomic E-state index is -0.322. The van der Waals surface area contributed by atoms with Gasteiger partial charge in [0.15, 0.2) is 0 Å². The molecule has 0 fully saturated rings. The Morgan fingerprint density at radius 2 is 1.75 bits per heavy atom. The first-order valence-corrected chi connectivity index (χ1v) is 6.61. The summed E-state index contributed by atoms with van der Waals surface area (Å²) in [5.41, 5.74) is 5.69. The molecular weight excluding hydrogens is 198 g/mol. The third-order valence-electron chi connectivity index (χ3n) is 2.86. The Morgan fingerprint density at radius 1 is 1.19 bits per heavy atom. The standard InChI is InChI=1S/C14H27NO/c1-3-5-6-7-8-9-10-12-14(16)13(15)11-4-2/h4,13H,2-3,5-12,15H2,1H3. The Balaban J connectivity index is 3.30. The summed E-state index contributed by atoms with van der Waals surface area (Å²) in [5.74, 6) is 0.188. The summed E-state index contributed by atoms with van der Waals surface area (Å²) < 4.78 is 0. The number of hydrogen-bond donors (Lipinski definition) is 1. The first kappa shape index (κ1) is 15.4. The van der Waals surface area contributed by atoms with Gasteiger partial charge in [-0.3, -0.25) is 4.79 Å². The molecule has 0 aromatic heterocycles. The summed E-state index contributed by atoms with van der Waals surface area (Å²) in [7, 11) is 0. The largest absolute Gasteiger partial charge is 0.321 e. The molecule has 0 amide bonds. The number of Topliss-reactive ketones (excluding diaryl/α,β-unsaturated/α-hetero) is 1. The van der Waals surface area contributed by atoms with E-state index in [0.717, 1.165) is 12.8 Å². The van der Waals surface area contributed by atoms with Crippen LogP contribution in [-0.4, -0.2) is 11.8 Å². The molecule has 0 aliphatic rings. The highest BCUT2D eigenvalue weighted by Gasteiger charge is 2.10. The molecule has 1 unspecified atom stereocenters. The molecule has 2 heteroatoms. The quantitative estimate of drug-likeness (QED) is 0.431. The SMILES string of the molecule is C=CCC(N)C(=O)CCCCCCCCC. The van der Waals surface area contributed by atoms with Crippen molar-refractivity contribution in [3.05, 3.63) is 12.7 Å². The fourth-order valence-corrected chi connectivity index (χ4v) is 1.75. The summed E-state index contributed by atoms with van der Waals surface area (Å²) in [6, 6.07) is -0.322. The van der Waals surface area contributed by atoms with E-state index in [9.17, 15) is 4.79 Å². The van der Waals surface area contributed by atoms with Crippen LogP contribution in [-0.2, 0) is 4.79 Å². The van der Waals surface area contributed by atoms with Gasteiger partial charge in [-0.05, 0) is 12.8 Å². The van der Waals surface area contributed by atoms with Gasteiger partial charge in [0, 0.05) is 6.42 Å². The lowest BCUT2D eigenvalue weighted by Gasteiger charge is -2.07. The Hall–Kier alpha value is -0.630. The van der Waals surface area contributed by atoms with Crippen LogP contribution in [0.3, 0.4) is 0 Å². The maximum absolute atomic E-state index is 11.5. The van der Waals surface area contributed by atoms with Crippen molar-refractivity contribution in [3.63, 3.8) is 0 Å². The van der Waals surface area contributed by atoms with Crippen molar-refractivity contribution >= 4 is 5.78 Å². The summed E-state index contributed by atoms with van der Waals surface area (Å²) in [5, 5.41) is 0. The molecule has 0 spiro atoms. The molecule has 0 aromatic carbocycles. The fourth-order valence-electron chi connectivity index (χ4n) is 1.75. The number of rotatable bonds is 11. The summed E-state index contributed by atoms with van der Waals surface area (Å²) in [6.45, 7) is 5.81. The van der Waals surface area contributed by atoms with Crippen LogP contribution in [0.1, 0.15) is 64.7 Å². The van der Waals surface area contributed by atoms with Crippen molar-refractivity contribution in [2.24, 2.45) is 5.73 Å². The summed E-state index contributed by atoms with van der Waals surface area (Å²) >= 11 is 0. The van der Waals surface area contributed by atoms with E-state index in [2.05, 4.69) is 13.5 Å². The molecule has 0 radical (unpaired) electrons. The molecule has 94 valence electrons. The van der Waals surface area contributed by atoms with Gasteiger partial charge < -0.3 is 5.73 Å². The van der Waals surface area contributed by atoms with E-state index in [4.69, 9.17) is 5.73 Å². The third-order valence-corrected chi connectivity index (χ3v) is 2.86. The van der Waals surface area contributed by atoms with Crippen LogP contribution < -0.4 is 5.73 Å². The molecule has 0 bridgehead atoms. The summed E-state index contributed by atoms with van der Waals surface area (Å²) in [4.78, 5) is 11.5. The van der Waals surface area contributed by atoms with Crippen molar-refractivity contribution in [2.75, 3.05) is 0 Å². The second kappa shape index (κ2) is 10.9. The van der Waals surface area contributed by atoms with Crippen molar-refractivity contribution in [1.29, 1.82) is 0 Å². The predicted octanol–water partition coefficient (Wildman–Crippen LogP) is 3.60. The lowest BCUT2D eigenvalue weighted by molar-refractivity contribution is -0.120. The molecule has 0 heterocycles. The highest BCUT2D eigenvalue weighted by molar-refractivity contribution is 5.83. The third kappa shape index (κ3) is 8.66. The zero-order valence-corrected chi connectivity index (χ0v) is 10.7. The molecule has 2 N–H and O–H groups in total. The van der Waals surface area contributed by atoms with Crippen LogP contribution in [0.5, 0.6) is 0 Å². The molecule has 0 saturated heterocycles. The molecule has 0 aliphatic heterocycles. The van der Waals surface area contributed by atoms with Crippen LogP contribution in [0.4, 0.5) is 0 Å². The smallest absolute Gasteiger partial charge is 0.149 e. The molecule has 16 heavy (non-hydrogen) atoms. The topological polar surface area (TPSA) is 43.1 Å². The van der Waals surface area contributed by atoms with Gasteiger partial charge in [-0.15, -0.1) is 6.58 Å². The highest BCUT2D eigenvalue weighted by atomic mass is 16.1. The number of carbonyl (C=O) groups is 1. The number of unbranched alkanes of at least 4 members (excludes halogenated alkanes) is 6. The normalized spacial score (nSPS) is 12.4. The van der Waals surface area contributed by atoms with E-state index >= 15 is 0 Å². The van der Waals surface area contributed by atoms with Gasteiger partial charge in [0.25, 0.3) is 0 Å². The van der Waals surface area contributed by atoms with Crippen molar-refractivity contribution < 1.29 is 4.79 Å². The molecule has 0 aromatic rings. The van der Waals surface area contributed by atoms with Gasteiger partial charge in [0.1, 0.15) is 5.78 Å². The van der Waals surface area contributed by atoms with Crippen molar-refractivity contribution in [1.82, 2.24) is 0 Å². The second-order valence-electron chi connectivity index (χ2n) is 4.47. The second-order valence-corrected chi connectivity index (χ2v) is 4.47. The minimum Gasteiger partial charge on any atom is -0.321 e. The molecule has 1 atom stereocenters. The predicted molar refractivity (Wildman–Crippen MR) is 70.4 cm³/mol. The Bertz CT molecular complexity index is 189. The van der Waals surface area contributed by atoms with Crippen LogP contribution in [0.2, 0.25) is 0 Å². The fraction of sp³-hybridized carbons (Fsp3) is 0.786. The first-order valence-electron chi connectivity index (χ1n) is 6.61. The van der Waals surface area contributed by atoms with E-state index in [0.29, 0.717) is 12.8 Å². The number of ketones is 1. The van der Waals surface area contributed by atoms with Gasteiger partial charge in [0.05, 0.1) is 6.04 Å². The number of carbonyl (C=O) groups excluding carboxylic acids is 1. The Kier molecular flexibility index (Phi) is 10.4. The lowest BCUT2D eigenvalue weighted by Crippen LogP contribution is -2.29. The minimum absolute atomic E-state index is 0.188. The maximum atomic E-state index is 11.5. The van der Waals surface area contributed by atoms with E-state index in [-0.39, 0.29) is 11.8 Å². The van der Waals surface area contributed by atoms with Gasteiger partial charge >= 0.3 is 0 Å². The first-order chi connectivity index (χ1) is 7.72. The number of hydrogen-bond acceptors (Lipinski definition) is 2. The molecule has 0 saturated carbocycles. The zero-order valence-electron chi connectivity index (χ0n) is 10.7. The van der Waals surface area contributed by atoms with Crippen LogP contribution in [0.25, 0.3) is 0 Å². The zero-order chi connectivity index (χ0) is 12.2. The number of nitrogens with two attached hydrogens (primary N) is 1. The Labute approximate surface area is 100 Å². The molecule has 2 nitrogen and oxygen atoms in total. The van der Waals surface area contributed by atoms with E-state index in [1.54, 1.807) is 6.08 Å². The van der Waals surface area contributed by atoms with Gasteiger partial charge in [0.2, 0.25) is 0 Å². The monoisotopic (exact) mass is 225 g/mol. The van der Waals surface area contributed by atoms with Crippen LogP contribution in [0.15, 0.2) is 12.7 Å². The highest BCUT2D eigenvalue weighted by Crippen LogP contribution is 2.09.